The Balaban J connectivity index is 1.64. The van der Waals surface area contributed by atoms with Gasteiger partial charge in [-0.25, -0.2) is 14.4 Å². The van der Waals surface area contributed by atoms with Gasteiger partial charge < -0.3 is 20.7 Å². The fraction of sp³-hybridized carbons (Fsp3) is 0.240. The number of rotatable bonds is 5. The molecule has 4 aromatic rings. The van der Waals surface area contributed by atoms with Crippen LogP contribution in [0.5, 0.6) is 0 Å². The number of fused-ring (bicyclic) bond motifs is 1. The minimum atomic E-state index is -1.48. The van der Waals surface area contributed by atoms with Crippen LogP contribution in [0.25, 0.3) is 22.2 Å². The molecular weight excluding hydrogens is 421 g/mol. The number of aryl methyl sites for hydroxylation is 2. The number of anilines is 2. The molecule has 0 radical (unpaired) electrons. The zero-order valence-electron chi connectivity index (χ0n) is 18.9. The lowest BCUT2D eigenvalue weighted by Crippen LogP contribution is -2.21. The Kier molecular flexibility index (Phi) is 5.86. The lowest BCUT2D eigenvalue weighted by atomic mass is 10.00. The van der Waals surface area contributed by atoms with E-state index in [4.69, 9.17) is 5.73 Å². The summed E-state index contributed by atoms with van der Waals surface area (Å²) in [6.45, 7) is 5.96. The van der Waals surface area contributed by atoms with Crippen molar-refractivity contribution in [1.29, 1.82) is 0 Å². The van der Waals surface area contributed by atoms with Crippen molar-refractivity contribution in [2.45, 2.75) is 32.8 Å². The van der Waals surface area contributed by atoms with Crippen LogP contribution in [0.1, 0.15) is 42.8 Å². The van der Waals surface area contributed by atoms with Gasteiger partial charge in [0.2, 0.25) is 0 Å². The molecule has 170 valence electrons. The van der Waals surface area contributed by atoms with Gasteiger partial charge in [0.1, 0.15) is 23.1 Å². The van der Waals surface area contributed by atoms with Gasteiger partial charge in [-0.15, -0.1) is 0 Å². The van der Waals surface area contributed by atoms with Crippen molar-refractivity contribution < 1.29 is 14.3 Å². The van der Waals surface area contributed by atoms with Crippen molar-refractivity contribution in [2.75, 3.05) is 11.1 Å². The Morgan fingerprint density at radius 1 is 1.15 bits per heavy atom. The highest BCUT2D eigenvalue weighted by Gasteiger charge is 2.20. The van der Waals surface area contributed by atoms with Crippen molar-refractivity contribution >= 4 is 28.4 Å². The monoisotopic (exact) mass is 447 g/mol. The number of aromatic nitrogens is 3. The topological polar surface area (TPSA) is 106 Å². The average molecular weight is 448 g/mol. The maximum absolute atomic E-state index is 13.4. The van der Waals surface area contributed by atoms with Gasteiger partial charge in [0.25, 0.3) is 5.91 Å². The number of carbonyl (C=O) groups excluding carboxylic acids is 1. The fourth-order valence-electron chi connectivity index (χ4n) is 3.86. The minimum absolute atomic E-state index is 0.155. The van der Waals surface area contributed by atoms with E-state index < -0.39 is 17.8 Å². The normalized spacial score (nSPS) is 12.3. The van der Waals surface area contributed by atoms with Crippen LogP contribution in [0, 0.1) is 12.7 Å². The van der Waals surface area contributed by atoms with Crippen molar-refractivity contribution in [3.63, 3.8) is 0 Å². The molecule has 0 bridgehead atoms. The summed E-state index contributed by atoms with van der Waals surface area (Å²) < 4.78 is 15.3. The number of amides is 1. The zero-order chi connectivity index (χ0) is 23.9. The molecule has 0 unspecified atom stereocenters. The second-order valence-corrected chi connectivity index (χ2v) is 8.45. The Morgan fingerprint density at radius 3 is 2.58 bits per heavy atom. The number of nitrogens with zero attached hydrogens (tertiary/aromatic N) is 3. The largest absolute Gasteiger partial charge is 0.383 e. The highest BCUT2D eigenvalue weighted by Crippen LogP contribution is 2.36. The number of nitrogens with one attached hydrogen (secondary N) is 1. The van der Waals surface area contributed by atoms with Gasteiger partial charge in [0.15, 0.2) is 6.10 Å². The van der Waals surface area contributed by atoms with Gasteiger partial charge >= 0.3 is 0 Å². The first-order chi connectivity index (χ1) is 15.7. The van der Waals surface area contributed by atoms with E-state index >= 15 is 0 Å². The highest BCUT2D eigenvalue weighted by molar-refractivity contribution is 6.02. The number of aliphatic hydroxyl groups is 1. The summed E-state index contributed by atoms with van der Waals surface area (Å²) in [5.74, 6) is 0.117. The fourth-order valence-corrected chi connectivity index (χ4v) is 3.86. The number of nitrogen functional groups attached to an aromatic ring is 1. The van der Waals surface area contributed by atoms with Crippen LogP contribution in [0.15, 0.2) is 48.7 Å². The molecule has 0 spiro atoms. The summed E-state index contributed by atoms with van der Waals surface area (Å²) in [5.41, 5.74) is 10.5. The molecule has 4 N–H and O–H groups in total. The molecule has 0 fully saturated rings. The number of hydrogen-bond acceptors (Lipinski definition) is 5. The molecule has 1 amide bonds. The molecule has 0 aliphatic carbocycles. The summed E-state index contributed by atoms with van der Waals surface area (Å²) in [7, 11) is 1.92. The van der Waals surface area contributed by atoms with Crippen molar-refractivity contribution in [1.82, 2.24) is 14.5 Å². The third kappa shape index (κ3) is 4.29. The number of hydrogen-bond donors (Lipinski definition) is 3. The van der Waals surface area contributed by atoms with E-state index in [1.807, 2.05) is 50.7 Å². The van der Waals surface area contributed by atoms with E-state index in [2.05, 4.69) is 15.3 Å². The summed E-state index contributed by atoms with van der Waals surface area (Å²) in [5, 5.41) is 13.7. The molecule has 0 aliphatic rings. The molecule has 1 atom stereocenters. The maximum atomic E-state index is 13.4. The van der Waals surface area contributed by atoms with E-state index in [-0.39, 0.29) is 11.5 Å². The first-order valence-corrected chi connectivity index (χ1v) is 10.6. The molecule has 8 heteroatoms. The van der Waals surface area contributed by atoms with E-state index in [0.29, 0.717) is 17.3 Å². The number of aliphatic hydroxyl groups excluding tert-OH is 1. The van der Waals surface area contributed by atoms with E-state index in [0.717, 1.165) is 33.8 Å². The maximum Gasteiger partial charge on any atom is 0.257 e. The van der Waals surface area contributed by atoms with E-state index in [1.54, 1.807) is 6.07 Å². The Labute approximate surface area is 191 Å². The standard InChI is InChI=1S/C25H26FN5O2/c1-13(2)23-29-22(27)20-19(12-31(4)24(20)30-23)18-9-8-17(10-14(18)3)28-25(33)21(32)15-6-5-7-16(26)11-15/h5-13,21,32H,1-4H3,(H,28,33)(H2,27,29,30)/t21-/m0/s1. The molecule has 4 rings (SSSR count). The minimum Gasteiger partial charge on any atom is -0.383 e. The number of benzene rings is 2. The van der Waals surface area contributed by atoms with Crippen LogP contribution in [0.2, 0.25) is 0 Å². The predicted molar refractivity (Wildman–Crippen MR) is 127 cm³/mol. The molecular formula is C25H26FN5O2. The Hall–Kier alpha value is -3.78. The van der Waals surface area contributed by atoms with Crippen LogP contribution in [-0.2, 0) is 11.8 Å². The molecule has 2 aromatic carbocycles. The molecule has 0 saturated carbocycles. The number of halogens is 1. The van der Waals surface area contributed by atoms with Gasteiger partial charge in [-0.2, -0.15) is 0 Å². The molecule has 0 saturated heterocycles. The quantitative estimate of drug-likeness (QED) is 0.419. The van der Waals surface area contributed by atoms with E-state index in [1.165, 1.54) is 18.2 Å². The highest BCUT2D eigenvalue weighted by atomic mass is 19.1. The summed E-state index contributed by atoms with van der Waals surface area (Å²) in [6, 6.07) is 10.8. The van der Waals surface area contributed by atoms with Crippen molar-refractivity contribution in [2.24, 2.45) is 7.05 Å². The SMILES string of the molecule is Cc1cc(NC(=O)[C@@H](O)c2cccc(F)c2)ccc1-c1cn(C)c2nc(C(C)C)nc(N)c12. The van der Waals surface area contributed by atoms with Gasteiger partial charge in [0, 0.05) is 30.4 Å². The van der Waals surface area contributed by atoms with Crippen molar-refractivity contribution in [3.8, 4) is 11.1 Å². The molecule has 33 heavy (non-hydrogen) atoms. The lowest BCUT2D eigenvalue weighted by molar-refractivity contribution is -0.124. The van der Waals surface area contributed by atoms with Crippen LogP contribution >= 0.6 is 0 Å². The van der Waals surface area contributed by atoms with Crippen LogP contribution in [-0.4, -0.2) is 25.5 Å². The number of nitrogens with two attached hydrogens (primary N) is 1. The third-order valence-corrected chi connectivity index (χ3v) is 5.57. The number of carbonyl (C=O) groups is 1. The molecule has 7 nitrogen and oxygen atoms in total. The Morgan fingerprint density at radius 2 is 1.91 bits per heavy atom. The van der Waals surface area contributed by atoms with Crippen LogP contribution < -0.4 is 11.1 Å². The van der Waals surface area contributed by atoms with Crippen molar-refractivity contribution in [3.05, 3.63) is 71.4 Å². The first kappa shape index (κ1) is 22.4. The first-order valence-electron chi connectivity index (χ1n) is 10.6. The van der Waals surface area contributed by atoms with Gasteiger partial charge in [-0.1, -0.05) is 32.0 Å². The summed E-state index contributed by atoms with van der Waals surface area (Å²) >= 11 is 0. The van der Waals surface area contributed by atoms with Gasteiger partial charge in [-0.05, 0) is 47.9 Å². The third-order valence-electron chi connectivity index (χ3n) is 5.57. The summed E-state index contributed by atoms with van der Waals surface area (Å²) in [6.07, 6.45) is 0.486. The zero-order valence-corrected chi connectivity index (χ0v) is 18.9. The van der Waals surface area contributed by atoms with Gasteiger partial charge in [0.05, 0.1) is 5.39 Å². The smallest absolute Gasteiger partial charge is 0.257 e. The predicted octanol–water partition coefficient (Wildman–Crippen LogP) is 4.46. The summed E-state index contributed by atoms with van der Waals surface area (Å²) in [4.78, 5) is 21.6. The molecule has 2 aromatic heterocycles. The molecule has 2 heterocycles. The lowest BCUT2D eigenvalue weighted by Gasteiger charge is -2.14. The van der Waals surface area contributed by atoms with Crippen LogP contribution in [0.4, 0.5) is 15.9 Å². The van der Waals surface area contributed by atoms with Gasteiger partial charge in [-0.3, -0.25) is 4.79 Å². The second kappa shape index (κ2) is 8.63. The Bertz CT molecular complexity index is 1360. The average Bonchev–Trinajstić information content (AvgIpc) is 3.10. The van der Waals surface area contributed by atoms with Crippen LogP contribution in [0.3, 0.4) is 0 Å². The molecule has 0 aliphatic heterocycles. The van der Waals surface area contributed by atoms with E-state index in [9.17, 15) is 14.3 Å². The second-order valence-electron chi connectivity index (χ2n) is 8.45.